The fraction of sp³-hybridized carbons (Fsp3) is 0.348. The largest absolute Gasteiger partial charge is 0.493 e. The van der Waals surface area contributed by atoms with Crippen LogP contribution in [0.5, 0.6) is 5.75 Å². The van der Waals surface area contributed by atoms with Crippen LogP contribution in [-0.2, 0) is 16.1 Å². The minimum atomic E-state index is -1.15. The van der Waals surface area contributed by atoms with Gasteiger partial charge in [-0.2, -0.15) is 5.10 Å². The molecule has 1 heterocycles. The summed E-state index contributed by atoms with van der Waals surface area (Å²) in [5.41, 5.74) is -0.662. The zero-order valence-electron chi connectivity index (χ0n) is 17.8. The highest BCUT2D eigenvalue weighted by Gasteiger charge is 2.32. The highest BCUT2D eigenvalue weighted by molar-refractivity contribution is 5.90. The molecule has 0 spiro atoms. The van der Waals surface area contributed by atoms with E-state index in [0.29, 0.717) is 24.3 Å². The van der Waals surface area contributed by atoms with Crippen molar-refractivity contribution in [2.24, 2.45) is 0 Å². The van der Waals surface area contributed by atoms with Crippen LogP contribution in [0.4, 0.5) is 5.69 Å². The Hall–Kier alpha value is -3.39. The fourth-order valence-corrected chi connectivity index (χ4v) is 3.02. The molecule has 1 atom stereocenters. The predicted octanol–water partition coefficient (Wildman–Crippen LogP) is 2.68. The third-order valence-corrected chi connectivity index (χ3v) is 4.74. The number of ether oxygens (including phenoxy) is 1. The number of aliphatic hydroxyl groups is 1. The van der Waals surface area contributed by atoms with Crippen molar-refractivity contribution in [2.75, 3.05) is 11.9 Å². The molecular formula is C23H30N4O4. The Morgan fingerprint density at radius 1 is 1.23 bits per heavy atom. The van der Waals surface area contributed by atoms with Gasteiger partial charge < -0.3 is 20.5 Å². The van der Waals surface area contributed by atoms with Crippen molar-refractivity contribution in [1.29, 1.82) is 0 Å². The van der Waals surface area contributed by atoms with Crippen LogP contribution in [-0.4, -0.2) is 45.0 Å². The highest BCUT2D eigenvalue weighted by atomic mass is 16.5. The third kappa shape index (κ3) is 7.75. The number of benzene rings is 1. The molecule has 8 nitrogen and oxygen atoms in total. The Bertz CT molecular complexity index is 869. The van der Waals surface area contributed by atoms with Gasteiger partial charge in [-0.15, -0.1) is 13.2 Å². The minimum absolute atomic E-state index is 0.0460. The number of aromatic nitrogens is 2. The van der Waals surface area contributed by atoms with Crippen molar-refractivity contribution in [1.82, 2.24) is 15.1 Å². The summed E-state index contributed by atoms with van der Waals surface area (Å²) in [6.07, 6.45) is 7.10. The molecule has 0 aliphatic rings. The van der Waals surface area contributed by atoms with E-state index in [1.807, 2.05) is 30.3 Å². The summed E-state index contributed by atoms with van der Waals surface area (Å²) in [4.78, 5) is 24.4. The molecule has 3 N–H and O–H groups in total. The molecule has 0 aliphatic heterocycles. The molecule has 0 bridgehead atoms. The summed E-state index contributed by atoms with van der Waals surface area (Å²) >= 11 is 0. The molecule has 1 aromatic carbocycles. The maximum Gasteiger partial charge on any atom is 0.242 e. The van der Waals surface area contributed by atoms with Gasteiger partial charge in [0.15, 0.2) is 0 Å². The molecule has 0 fully saturated rings. The molecule has 166 valence electrons. The lowest BCUT2D eigenvalue weighted by Gasteiger charge is -2.33. The molecule has 0 saturated heterocycles. The number of hydrogen-bond donors (Lipinski definition) is 3. The van der Waals surface area contributed by atoms with E-state index in [1.54, 1.807) is 25.3 Å². The van der Waals surface area contributed by atoms with Crippen LogP contribution in [0, 0.1) is 0 Å². The van der Waals surface area contributed by atoms with E-state index in [1.165, 1.54) is 10.9 Å². The van der Waals surface area contributed by atoms with E-state index in [2.05, 4.69) is 28.9 Å². The van der Waals surface area contributed by atoms with E-state index in [4.69, 9.17) is 4.74 Å². The summed E-state index contributed by atoms with van der Waals surface area (Å²) in [7, 11) is 0. The monoisotopic (exact) mass is 426 g/mol. The fourth-order valence-electron chi connectivity index (χ4n) is 3.02. The number of rotatable bonds is 13. The van der Waals surface area contributed by atoms with E-state index >= 15 is 0 Å². The molecule has 1 aromatic heterocycles. The first-order valence-electron chi connectivity index (χ1n) is 10.1. The van der Waals surface area contributed by atoms with Crippen molar-refractivity contribution in [2.45, 2.75) is 44.4 Å². The van der Waals surface area contributed by atoms with E-state index in [9.17, 15) is 14.7 Å². The SMILES string of the molecule is C=CCC(O)(CC=C)C(C)NC(=O)Cn1cc(NC(=O)CCOc2ccccc2)cn1. The Labute approximate surface area is 182 Å². The lowest BCUT2D eigenvalue weighted by molar-refractivity contribution is -0.124. The smallest absolute Gasteiger partial charge is 0.242 e. The van der Waals surface area contributed by atoms with Crippen LogP contribution >= 0.6 is 0 Å². The molecule has 8 heteroatoms. The molecule has 31 heavy (non-hydrogen) atoms. The van der Waals surface area contributed by atoms with Gasteiger partial charge in [0.1, 0.15) is 12.3 Å². The van der Waals surface area contributed by atoms with Crippen molar-refractivity contribution in [3.05, 3.63) is 68.0 Å². The van der Waals surface area contributed by atoms with E-state index in [-0.39, 0.29) is 31.4 Å². The second-order valence-electron chi connectivity index (χ2n) is 7.26. The lowest BCUT2D eigenvalue weighted by atomic mass is 9.88. The number of amides is 2. The third-order valence-electron chi connectivity index (χ3n) is 4.74. The Kier molecular flexibility index (Phi) is 9.02. The van der Waals surface area contributed by atoms with Crippen LogP contribution in [0.3, 0.4) is 0 Å². The number of hydrogen-bond acceptors (Lipinski definition) is 5. The number of nitrogens with zero attached hydrogens (tertiary/aromatic N) is 2. The first-order valence-corrected chi connectivity index (χ1v) is 10.1. The van der Waals surface area contributed by atoms with E-state index < -0.39 is 11.6 Å². The Balaban J connectivity index is 1.79. The molecular weight excluding hydrogens is 396 g/mol. The molecule has 2 aromatic rings. The first kappa shape index (κ1) is 23.9. The molecule has 2 amide bonds. The maximum atomic E-state index is 12.3. The van der Waals surface area contributed by atoms with Gasteiger partial charge >= 0.3 is 0 Å². The second-order valence-corrected chi connectivity index (χ2v) is 7.26. The normalized spacial score (nSPS) is 11.9. The summed E-state index contributed by atoms with van der Waals surface area (Å²) in [6.45, 7) is 9.25. The highest BCUT2D eigenvalue weighted by Crippen LogP contribution is 2.21. The van der Waals surface area contributed by atoms with Crippen molar-refractivity contribution >= 4 is 17.5 Å². The predicted molar refractivity (Wildman–Crippen MR) is 120 cm³/mol. The number of carbonyl (C=O) groups is 2. The maximum absolute atomic E-state index is 12.3. The van der Waals surface area contributed by atoms with Gasteiger partial charge in [0.25, 0.3) is 0 Å². The van der Waals surface area contributed by atoms with Gasteiger partial charge in [-0.1, -0.05) is 30.4 Å². The van der Waals surface area contributed by atoms with Gasteiger partial charge in [-0.3, -0.25) is 14.3 Å². The summed E-state index contributed by atoms with van der Waals surface area (Å²) in [5, 5.41) is 20.3. The van der Waals surface area contributed by atoms with Gasteiger partial charge in [-0.05, 0) is 31.9 Å². The molecule has 0 aliphatic carbocycles. The Morgan fingerprint density at radius 3 is 2.55 bits per heavy atom. The van der Waals surface area contributed by atoms with Crippen molar-refractivity contribution < 1.29 is 19.4 Å². The first-order chi connectivity index (χ1) is 14.9. The molecule has 1 unspecified atom stereocenters. The molecule has 2 rings (SSSR count). The van der Waals surface area contributed by atoms with Gasteiger partial charge in [-0.25, -0.2) is 0 Å². The van der Waals surface area contributed by atoms with Gasteiger partial charge in [0, 0.05) is 6.20 Å². The quantitative estimate of drug-likeness (QED) is 0.427. The standard InChI is InChI=1S/C23H30N4O4/c1-4-12-23(30,13-5-2)18(3)25-22(29)17-27-16-19(15-24-27)26-21(28)11-14-31-20-9-7-6-8-10-20/h4-10,15-16,18,30H,1-2,11-14,17H2,3H3,(H,25,29)(H,26,28). The lowest BCUT2D eigenvalue weighted by Crippen LogP contribution is -2.51. The van der Waals surface area contributed by atoms with Crippen molar-refractivity contribution in [3.8, 4) is 5.75 Å². The van der Waals surface area contributed by atoms with Gasteiger partial charge in [0.05, 0.1) is 36.6 Å². The second kappa shape index (κ2) is 11.7. The number of anilines is 1. The topological polar surface area (TPSA) is 105 Å². The zero-order valence-corrected chi connectivity index (χ0v) is 17.8. The van der Waals surface area contributed by atoms with E-state index in [0.717, 1.165) is 0 Å². The Morgan fingerprint density at radius 2 is 1.90 bits per heavy atom. The summed E-state index contributed by atoms with van der Waals surface area (Å²) in [5.74, 6) is 0.181. The average molecular weight is 427 g/mol. The van der Waals surface area contributed by atoms with Crippen LogP contribution in [0.1, 0.15) is 26.2 Å². The number of carbonyl (C=O) groups excluding carboxylic acids is 2. The zero-order chi connectivity index (χ0) is 22.7. The van der Waals surface area contributed by atoms with Crippen molar-refractivity contribution in [3.63, 3.8) is 0 Å². The summed E-state index contributed by atoms with van der Waals surface area (Å²) in [6, 6.07) is 8.75. The van der Waals surface area contributed by atoms with Crippen LogP contribution in [0.2, 0.25) is 0 Å². The van der Waals surface area contributed by atoms with Crippen LogP contribution < -0.4 is 15.4 Å². The molecule has 0 radical (unpaired) electrons. The minimum Gasteiger partial charge on any atom is -0.493 e. The van der Waals surface area contributed by atoms with Gasteiger partial charge in [0.2, 0.25) is 11.8 Å². The van der Waals surface area contributed by atoms with Crippen LogP contribution in [0.25, 0.3) is 0 Å². The van der Waals surface area contributed by atoms with Crippen LogP contribution in [0.15, 0.2) is 68.0 Å². The number of para-hydroxylation sites is 1. The summed E-state index contributed by atoms with van der Waals surface area (Å²) < 4.78 is 6.92. The molecule has 0 saturated carbocycles. The number of nitrogens with one attached hydrogen (secondary N) is 2. The average Bonchev–Trinajstić information content (AvgIpc) is 3.15.